The summed E-state index contributed by atoms with van der Waals surface area (Å²) < 4.78 is 0. The maximum absolute atomic E-state index is 8.91. The van der Waals surface area contributed by atoms with Gasteiger partial charge in [-0.1, -0.05) is 34.4 Å². The fourth-order valence-corrected chi connectivity index (χ4v) is 6.37. The summed E-state index contributed by atoms with van der Waals surface area (Å²) in [5.74, 6) is 6.39. The van der Waals surface area contributed by atoms with Crippen molar-refractivity contribution in [3.8, 4) is 0 Å². The van der Waals surface area contributed by atoms with Crippen molar-refractivity contribution in [2.45, 2.75) is 51.1 Å². The van der Waals surface area contributed by atoms with Crippen molar-refractivity contribution in [3.05, 3.63) is 68.5 Å². The summed E-state index contributed by atoms with van der Waals surface area (Å²) >= 11 is 6.18. The highest BCUT2D eigenvalue weighted by Gasteiger charge is 2.35. The Kier molecular flexibility index (Phi) is 8.26. The molecule has 1 atom stereocenters. The first-order valence-electron chi connectivity index (χ1n) is 13.3. The van der Waals surface area contributed by atoms with Gasteiger partial charge in [0.1, 0.15) is 12.1 Å². The number of hydrogen-bond acceptors (Lipinski definition) is 8. The van der Waals surface area contributed by atoms with Gasteiger partial charge in [0, 0.05) is 59.3 Å². The van der Waals surface area contributed by atoms with Crippen molar-refractivity contribution in [2.75, 3.05) is 38.1 Å². The van der Waals surface area contributed by atoms with Gasteiger partial charge in [0.2, 0.25) is 0 Å². The maximum atomic E-state index is 8.91. The van der Waals surface area contributed by atoms with Crippen molar-refractivity contribution in [1.29, 1.82) is 5.41 Å². The lowest BCUT2D eigenvalue weighted by Gasteiger charge is -2.42. The van der Waals surface area contributed by atoms with E-state index < -0.39 is 5.41 Å². The first kappa shape index (κ1) is 26.6. The molecule has 1 fully saturated rings. The second-order valence-electron chi connectivity index (χ2n) is 10.7. The van der Waals surface area contributed by atoms with E-state index in [0.717, 1.165) is 87.5 Å². The van der Waals surface area contributed by atoms with Gasteiger partial charge in [-0.3, -0.25) is 9.80 Å². The molecule has 3 aliphatic rings. The predicted octanol–water partition coefficient (Wildman–Crippen LogP) is 4.82. The Labute approximate surface area is 228 Å². The molecule has 200 valence electrons. The summed E-state index contributed by atoms with van der Waals surface area (Å²) in [6.07, 6.45) is 8.70. The number of nitrogens with one attached hydrogen (secondary N) is 2. The number of aromatic nitrogens is 2. The zero-order chi connectivity index (χ0) is 26.5. The van der Waals surface area contributed by atoms with Crippen LogP contribution in [0.15, 0.2) is 41.3 Å². The second kappa shape index (κ2) is 11.8. The molecule has 0 amide bonds. The van der Waals surface area contributed by atoms with E-state index in [1.807, 2.05) is 12.1 Å². The van der Waals surface area contributed by atoms with Crippen LogP contribution in [0.5, 0.6) is 0 Å². The van der Waals surface area contributed by atoms with Crippen LogP contribution in [0.3, 0.4) is 0 Å². The van der Waals surface area contributed by atoms with Crippen LogP contribution in [0, 0.1) is 10.8 Å². The van der Waals surface area contributed by atoms with E-state index in [0.29, 0.717) is 24.0 Å². The van der Waals surface area contributed by atoms with Crippen molar-refractivity contribution in [2.24, 2.45) is 16.4 Å². The SMILES string of the molecule is [N-]=[N+]=NCC1(C=N)CCC(CN2CCC(N3CCc4c(ncnc4NN)C3)CC2)=C(c2ccc(Cl)cc2)C1. The lowest BCUT2D eigenvalue weighted by atomic mass is 9.70. The highest BCUT2D eigenvalue weighted by Crippen LogP contribution is 2.43. The Morgan fingerprint density at radius 2 is 2.00 bits per heavy atom. The van der Waals surface area contributed by atoms with Crippen LogP contribution in [-0.4, -0.2) is 64.7 Å². The van der Waals surface area contributed by atoms with E-state index in [1.165, 1.54) is 17.4 Å². The van der Waals surface area contributed by atoms with Crippen LogP contribution in [0.4, 0.5) is 5.82 Å². The number of likely N-dealkylation sites (tertiary alicyclic amines) is 1. The molecule has 0 spiro atoms. The zero-order valence-corrected chi connectivity index (χ0v) is 22.4. The number of nitrogens with zero attached hydrogens (tertiary/aromatic N) is 7. The van der Waals surface area contributed by atoms with Gasteiger partial charge in [-0.25, -0.2) is 15.8 Å². The molecule has 0 saturated carbocycles. The number of nitrogen functional groups attached to an aromatic ring is 1. The molecule has 1 aliphatic carbocycles. The Hall–Kier alpha value is -3.01. The molecule has 1 aromatic heterocycles. The molecular weight excluding hydrogens is 500 g/mol. The van der Waals surface area contributed by atoms with Gasteiger partial charge < -0.3 is 10.8 Å². The van der Waals surface area contributed by atoms with Gasteiger partial charge >= 0.3 is 0 Å². The van der Waals surface area contributed by atoms with Crippen LogP contribution in [0.25, 0.3) is 16.0 Å². The molecule has 10 nitrogen and oxygen atoms in total. The van der Waals surface area contributed by atoms with E-state index in [2.05, 4.69) is 47.4 Å². The van der Waals surface area contributed by atoms with Gasteiger partial charge in [-0.05, 0) is 80.4 Å². The molecule has 1 saturated heterocycles. The summed E-state index contributed by atoms with van der Waals surface area (Å²) in [6.45, 7) is 5.21. The normalized spacial score (nSPS) is 23.0. The molecule has 2 aromatic rings. The van der Waals surface area contributed by atoms with E-state index in [1.54, 1.807) is 6.33 Å². The monoisotopic (exact) mass is 534 g/mol. The number of piperidine rings is 1. The number of halogens is 1. The predicted molar refractivity (Wildman–Crippen MR) is 151 cm³/mol. The van der Waals surface area contributed by atoms with Gasteiger partial charge in [-0.15, -0.1) is 0 Å². The third kappa shape index (κ3) is 5.70. The van der Waals surface area contributed by atoms with Crippen LogP contribution >= 0.6 is 11.6 Å². The number of hydrazine groups is 1. The number of anilines is 1. The van der Waals surface area contributed by atoms with Gasteiger partial charge in [-0.2, -0.15) is 0 Å². The minimum atomic E-state index is -0.426. The molecule has 0 radical (unpaired) electrons. The molecular formula is C27H35ClN10. The van der Waals surface area contributed by atoms with Gasteiger partial charge in [0.25, 0.3) is 0 Å². The van der Waals surface area contributed by atoms with Gasteiger partial charge in [0.15, 0.2) is 0 Å². The summed E-state index contributed by atoms with van der Waals surface area (Å²) in [7, 11) is 0. The minimum Gasteiger partial charge on any atom is -0.313 e. The minimum absolute atomic E-state index is 0.315. The fourth-order valence-electron chi connectivity index (χ4n) is 6.25. The number of hydrogen-bond donors (Lipinski definition) is 3. The van der Waals surface area contributed by atoms with Crippen molar-refractivity contribution >= 4 is 29.2 Å². The number of benzene rings is 1. The van der Waals surface area contributed by atoms with E-state index in [4.69, 9.17) is 28.4 Å². The van der Waals surface area contributed by atoms with Crippen LogP contribution in [-0.2, 0) is 13.0 Å². The molecule has 3 heterocycles. The first-order chi connectivity index (χ1) is 18.5. The summed E-state index contributed by atoms with van der Waals surface area (Å²) in [5.41, 5.74) is 17.3. The zero-order valence-electron chi connectivity index (χ0n) is 21.6. The average Bonchev–Trinajstić information content (AvgIpc) is 2.97. The van der Waals surface area contributed by atoms with E-state index >= 15 is 0 Å². The molecule has 1 unspecified atom stereocenters. The standard InChI is InChI=1S/C27H35ClN10/c28-21-3-1-19(2-4-21)24-13-27(16-29,17-34-36-31)9-5-20(24)14-37-10-6-22(7-11-37)38-12-8-23-25(15-38)32-18-33-26(23)35-30/h1-4,16,18,22,29H,5-15,17,30H2,(H,32,33,35). The largest absolute Gasteiger partial charge is 0.313 e. The van der Waals surface area contributed by atoms with E-state index in [9.17, 15) is 0 Å². The number of azide groups is 1. The molecule has 2 aliphatic heterocycles. The van der Waals surface area contributed by atoms with Crippen molar-refractivity contribution in [1.82, 2.24) is 19.8 Å². The Morgan fingerprint density at radius 3 is 2.71 bits per heavy atom. The topological polar surface area (TPSA) is 143 Å². The Morgan fingerprint density at radius 1 is 1.21 bits per heavy atom. The third-order valence-corrected chi connectivity index (χ3v) is 8.74. The highest BCUT2D eigenvalue weighted by atomic mass is 35.5. The number of fused-ring (bicyclic) bond motifs is 1. The summed E-state index contributed by atoms with van der Waals surface area (Å²) in [6, 6.07) is 8.54. The number of nitrogens with two attached hydrogens (primary N) is 1. The van der Waals surface area contributed by atoms with Crippen LogP contribution in [0.2, 0.25) is 5.02 Å². The lowest BCUT2D eigenvalue weighted by molar-refractivity contribution is 0.100. The maximum Gasteiger partial charge on any atom is 0.146 e. The van der Waals surface area contributed by atoms with Crippen molar-refractivity contribution in [3.63, 3.8) is 0 Å². The molecule has 1 aromatic carbocycles. The highest BCUT2D eigenvalue weighted by molar-refractivity contribution is 6.30. The van der Waals surface area contributed by atoms with Gasteiger partial charge in [0.05, 0.1) is 5.69 Å². The average molecular weight is 535 g/mol. The molecule has 0 bridgehead atoms. The van der Waals surface area contributed by atoms with Crippen LogP contribution < -0.4 is 11.3 Å². The molecule has 5 rings (SSSR count). The van der Waals surface area contributed by atoms with E-state index in [-0.39, 0.29) is 0 Å². The van der Waals surface area contributed by atoms with Crippen LogP contribution in [0.1, 0.15) is 48.9 Å². The smallest absolute Gasteiger partial charge is 0.146 e. The third-order valence-electron chi connectivity index (χ3n) is 8.49. The Balaban J connectivity index is 1.27. The second-order valence-corrected chi connectivity index (χ2v) is 11.1. The molecule has 38 heavy (non-hydrogen) atoms. The molecule has 4 N–H and O–H groups in total. The summed E-state index contributed by atoms with van der Waals surface area (Å²) in [5, 5.41) is 12.7. The summed E-state index contributed by atoms with van der Waals surface area (Å²) in [4.78, 5) is 16.9. The van der Waals surface area contributed by atoms with Crippen molar-refractivity contribution < 1.29 is 0 Å². The Bertz CT molecular complexity index is 1230. The quantitative estimate of drug-likeness (QED) is 0.111. The number of rotatable bonds is 8. The first-order valence-corrected chi connectivity index (χ1v) is 13.7. The lowest BCUT2D eigenvalue weighted by Crippen LogP contribution is -2.47. The molecule has 11 heteroatoms. The fraction of sp³-hybridized carbons (Fsp3) is 0.519. The number of allylic oxidation sites excluding steroid dienone is 1.